The van der Waals surface area contributed by atoms with E-state index in [1.807, 2.05) is 48.5 Å². The second-order valence-corrected chi connectivity index (χ2v) is 9.02. The Hall–Kier alpha value is -3.96. The predicted molar refractivity (Wildman–Crippen MR) is 144 cm³/mol. The van der Waals surface area contributed by atoms with Crippen LogP contribution in [0, 0.1) is 0 Å². The van der Waals surface area contributed by atoms with Gasteiger partial charge in [-0.05, 0) is 73.3 Å². The van der Waals surface area contributed by atoms with E-state index in [0.29, 0.717) is 16.3 Å². The zero-order valence-corrected chi connectivity index (χ0v) is 19.7. The molecule has 4 aromatic rings. The number of aromatic amines is 1. The normalized spacial score (nSPS) is 14.5. The summed E-state index contributed by atoms with van der Waals surface area (Å²) in [5.74, 6) is -0.178. The fraction of sp³-hybridized carbons (Fsp3) is 0.200. The standard InChI is InChI=1S/C30H29N3O2/c34-29-26-16-13-23(10-6-9-22-7-2-1-3-8-22)19-27(26)28(30(35)32-29)20-31-25-14-11-24(12-15-25)21-33-17-4-5-18-33/h1-3,6-8,10-16,19-20H,4-5,9,17-18,21H2,(H2,32,34,35)/b10-6+,31-20?. The Morgan fingerprint density at radius 1 is 0.914 bits per heavy atom. The molecule has 1 fully saturated rings. The zero-order valence-electron chi connectivity index (χ0n) is 19.7. The fourth-order valence-corrected chi connectivity index (χ4v) is 4.56. The number of fused-ring (bicyclic) bond motifs is 1. The number of aromatic hydroxyl groups is 1. The molecule has 1 aliphatic rings. The van der Waals surface area contributed by atoms with Crippen LogP contribution < -0.4 is 5.56 Å². The molecule has 0 aliphatic carbocycles. The first-order chi connectivity index (χ1) is 17.2. The minimum Gasteiger partial charge on any atom is -0.494 e. The molecule has 3 aromatic carbocycles. The van der Waals surface area contributed by atoms with Gasteiger partial charge in [0.1, 0.15) is 0 Å². The number of likely N-dealkylation sites (tertiary alicyclic amines) is 1. The van der Waals surface area contributed by atoms with Crippen LogP contribution in [-0.4, -0.2) is 34.3 Å². The van der Waals surface area contributed by atoms with Gasteiger partial charge in [-0.25, -0.2) is 0 Å². The molecule has 2 heterocycles. The van der Waals surface area contributed by atoms with Crippen LogP contribution in [0.2, 0.25) is 0 Å². The monoisotopic (exact) mass is 463 g/mol. The molecular formula is C30H29N3O2. The summed E-state index contributed by atoms with van der Waals surface area (Å²) in [4.78, 5) is 22.0. The largest absolute Gasteiger partial charge is 0.494 e. The molecule has 5 nitrogen and oxygen atoms in total. The second kappa shape index (κ2) is 10.5. The van der Waals surface area contributed by atoms with Crippen molar-refractivity contribution in [1.82, 2.24) is 9.88 Å². The lowest BCUT2D eigenvalue weighted by Gasteiger charge is -2.14. The van der Waals surface area contributed by atoms with Crippen LogP contribution in [0.4, 0.5) is 5.69 Å². The van der Waals surface area contributed by atoms with Crippen molar-refractivity contribution in [2.24, 2.45) is 4.99 Å². The van der Waals surface area contributed by atoms with Crippen molar-refractivity contribution in [3.8, 4) is 5.88 Å². The Balaban J connectivity index is 1.38. The van der Waals surface area contributed by atoms with E-state index in [4.69, 9.17) is 0 Å². The second-order valence-electron chi connectivity index (χ2n) is 9.02. The number of nitrogens with one attached hydrogen (secondary N) is 1. The van der Waals surface area contributed by atoms with E-state index in [2.05, 4.69) is 45.2 Å². The molecule has 5 rings (SSSR count). The highest BCUT2D eigenvalue weighted by Crippen LogP contribution is 2.24. The number of hydrogen-bond acceptors (Lipinski definition) is 4. The Bertz CT molecular complexity index is 1410. The molecule has 2 N–H and O–H groups in total. The van der Waals surface area contributed by atoms with Crippen molar-refractivity contribution in [2.45, 2.75) is 25.8 Å². The zero-order chi connectivity index (χ0) is 24.0. The van der Waals surface area contributed by atoms with Gasteiger partial charge < -0.3 is 5.11 Å². The number of aromatic nitrogens is 1. The molecule has 5 heteroatoms. The smallest absolute Gasteiger partial charge is 0.258 e. The van der Waals surface area contributed by atoms with Gasteiger partial charge in [0, 0.05) is 23.5 Å². The lowest BCUT2D eigenvalue weighted by atomic mass is 10.0. The van der Waals surface area contributed by atoms with Gasteiger partial charge in [0.2, 0.25) is 5.88 Å². The molecule has 0 atom stereocenters. The number of pyridine rings is 1. The maximum Gasteiger partial charge on any atom is 0.258 e. The van der Waals surface area contributed by atoms with Gasteiger partial charge in [-0.15, -0.1) is 0 Å². The summed E-state index contributed by atoms with van der Waals surface area (Å²) in [6.07, 6.45) is 9.14. The van der Waals surface area contributed by atoms with Crippen molar-refractivity contribution in [3.05, 3.63) is 111 Å². The Morgan fingerprint density at radius 3 is 2.46 bits per heavy atom. The summed E-state index contributed by atoms with van der Waals surface area (Å²) in [6.45, 7) is 3.31. The summed E-state index contributed by atoms with van der Waals surface area (Å²) >= 11 is 0. The molecule has 0 amide bonds. The molecule has 1 saturated heterocycles. The van der Waals surface area contributed by atoms with Crippen molar-refractivity contribution < 1.29 is 5.11 Å². The summed E-state index contributed by atoms with van der Waals surface area (Å²) in [6, 6.07) is 24.1. The van der Waals surface area contributed by atoms with Gasteiger partial charge in [-0.3, -0.25) is 19.7 Å². The Kier molecular flexibility index (Phi) is 6.87. The number of allylic oxidation sites excluding steroid dienone is 1. The quantitative estimate of drug-likeness (QED) is 0.339. The van der Waals surface area contributed by atoms with E-state index in [1.54, 1.807) is 12.3 Å². The van der Waals surface area contributed by atoms with Crippen molar-refractivity contribution >= 4 is 28.8 Å². The molecule has 176 valence electrons. The fourth-order valence-electron chi connectivity index (χ4n) is 4.56. The average molecular weight is 464 g/mol. The van der Waals surface area contributed by atoms with E-state index in [1.165, 1.54) is 37.1 Å². The molecule has 35 heavy (non-hydrogen) atoms. The first kappa shape index (κ1) is 22.8. The molecule has 0 bridgehead atoms. The minimum absolute atomic E-state index is 0.178. The molecule has 1 aromatic heterocycles. The third-order valence-electron chi connectivity index (χ3n) is 6.46. The molecular weight excluding hydrogens is 434 g/mol. The van der Waals surface area contributed by atoms with Crippen molar-refractivity contribution in [3.63, 3.8) is 0 Å². The minimum atomic E-state index is -0.319. The van der Waals surface area contributed by atoms with Crippen LogP contribution >= 0.6 is 0 Å². The van der Waals surface area contributed by atoms with Gasteiger partial charge in [0.25, 0.3) is 5.56 Å². The highest BCUT2D eigenvalue weighted by atomic mass is 16.3. The van der Waals surface area contributed by atoms with Gasteiger partial charge >= 0.3 is 0 Å². The maximum absolute atomic E-state index is 12.4. The number of aliphatic imine (C=N–C) groups is 1. The lowest BCUT2D eigenvalue weighted by molar-refractivity contribution is 0.331. The van der Waals surface area contributed by atoms with E-state index in [0.717, 1.165) is 24.2 Å². The van der Waals surface area contributed by atoms with Gasteiger partial charge in [0.15, 0.2) is 0 Å². The van der Waals surface area contributed by atoms with Crippen molar-refractivity contribution in [2.75, 3.05) is 13.1 Å². The number of rotatable bonds is 7. The van der Waals surface area contributed by atoms with Gasteiger partial charge in [-0.2, -0.15) is 0 Å². The topological polar surface area (TPSA) is 68.7 Å². The van der Waals surface area contributed by atoms with Gasteiger partial charge in [0.05, 0.1) is 11.3 Å². The summed E-state index contributed by atoms with van der Waals surface area (Å²) < 4.78 is 0. The van der Waals surface area contributed by atoms with Crippen molar-refractivity contribution in [1.29, 1.82) is 0 Å². The summed E-state index contributed by atoms with van der Waals surface area (Å²) in [5, 5.41) is 11.7. The van der Waals surface area contributed by atoms with Gasteiger partial charge in [-0.1, -0.05) is 60.7 Å². The first-order valence-electron chi connectivity index (χ1n) is 12.1. The average Bonchev–Trinajstić information content (AvgIpc) is 3.38. The molecule has 1 aliphatic heterocycles. The van der Waals surface area contributed by atoms with Crippen LogP contribution in [0.15, 0.2) is 88.7 Å². The Labute approximate surface area is 205 Å². The number of benzene rings is 3. The van der Waals surface area contributed by atoms with Crippen LogP contribution in [0.25, 0.3) is 16.8 Å². The van der Waals surface area contributed by atoms with Crippen LogP contribution in [-0.2, 0) is 13.0 Å². The maximum atomic E-state index is 12.4. The summed E-state index contributed by atoms with van der Waals surface area (Å²) in [5.41, 5.74) is 4.44. The van der Waals surface area contributed by atoms with E-state index in [9.17, 15) is 9.90 Å². The van der Waals surface area contributed by atoms with Crippen LogP contribution in [0.3, 0.4) is 0 Å². The summed E-state index contributed by atoms with van der Waals surface area (Å²) in [7, 11) is 0. The number of H-pyrrole nitrogens is 1. The highest BCUT2D eigenvalue weighted by molar-refractivity contribution is 6.02. The number of hydrogen-bond donors (Lipinski definition) is 2. The predicted octanol–water partition coefficient (Wildman–Crippen LogP) is 5.84. The highest BCUT2D eigenvalue weighted by Gasteiger charge is 2.12. The molecule has 0 radical (unpaired) electrons. The molecule has 0 unspecified atom stereocenters. The van der Waals surface area contributed by atoms with E-state index < -0.39 is 0 Å². The third-order valence-corrected chi connectivity index (χ3v) is 6.46. The van der Waals surface area contributed by atoms with E-state index >= 15 is 0 Å². The molecule has 0 saturated carbocycles. The van der Waals surface area contributed by atoms with Crippen LogP contribution in [0.1, 0.15) is 35.1 Å². The Morgan fingerprint density at radius 2 is 1.69 bits per heavy atom. The van der Waals surface area contributed by atoms with Crippen LogP contribution in [0.5, 0.6) is 5.88 Å². The third kappa shape index (κ3) is 5.58. The lowest BCUT2D eigenvalue weighted by Crippen LogP contribution is -2.18. The SMILES string of the molecule is O=c1[nH]c(O)c(C=Nc2ccc(CN3CCCC3)cc2)c2cc(/C=C/Cc3ccccc3)ccc12. The molecule has 0 spiro atoms. The van der Waals surface area contributed by atoms with E-state index in [-0.39, 0.29) is 11.4 Å². The first-order valence-corrected chi connectivity index (χ1v) is 12.1. The number of nitrogens with zero attached hydrogens (tertiary/aromatic N) is 2.